The molecule has 1 aliphatic rings. The number of hydrogen-bond acceptors (Lipinski definition) is 1. The Morgan fingerprint density at radius 2 is 1.47 bits per heavy atom. The van der Waals surface area contributed by atoms with Crippen LogP contribution in [0.2, 0.25) is 0 Å². The van der Waals surface area contributed by atoms with E-state index in [9.17, 15) is 8.78 Å². The molecule has 0 heterocycles. The summed E-state index contributed by atoms with van der Waals surface area (Å²) in [7, 11) is 0. The predicted molar refractivity (Wildman–Crippen MR) is 137 cm³/mol. The van der Waals surface area contributed by atoms with Gasteiger partial charge in [-0.2, -0.15) is 4.39 Å². The summed E-state index contributed by atoms with van der Waals surface area (Å²) < 4.78 is 34.0. The highest BCUT2D eigenvalue weighted by atomic mass is 19.2. The number of unbranched alkanes of at least 4 members (excludes halogenated alkanes) is 5. The van der Waals surface area contributed by atoms with Crippen LogP contribution >= 0.6 is 0 Å². The molecule has 0 saturated heterocycles. The quantitative estimate of drug-likeness (QED) is 0.237. The van der Waals surface area contributed by atoms with E-state index in [1.165, 1.54) is 81.9 Å². The molecule has 1 fully saturated rings. The normalized spacial score (nSPS) is 17.8. The van der Waals surface area contributed by atoms with Crippen molar-refractivity contribution in [3.63, 3.8) is 0 Å². The van der Waals surface area contributed by atoms with Crippen LogP contribution in [-0.4, -0.2) is 6.61 Å². The maximum atomic E-state index is 14.4. The average molecular weight is 467 g/mol. The maximum Gasteiger partial charge on any atom is 0.201 e. The molecule has 0 aliphatic heterocycles. The third-order valence-electron chi connectivity index (χ3n) is 7.09. The second kappa shape index (κ2) is 14.1. The molecule has 0 radical (unpaired) electrons. The first kappa shape index (κ1) is 26.3. The lowest BCUT2D eigenvalue weighted by Gasteiger charge is -2.29. The largest absolute Gasteiger partial charge is 0.490 e. The lowest BCUT2D eigenvalue weighted by Crippen LogP contribution is -2.13. The molecule has 0 bridgehead atoms. The van der Waals surface area contributed by atoms with Gasteiger partial charge in [-0.3, -0.25) is 0 Å². The van der Waals surface area contributed by atoms with Crippen molar-refractivity contribution >= 4 is 0 Å². The van der Waals surface area contributed by atoms with E-state index in [1.54, 1.807) is 0 Å². The van der Waals surface area contributed by atoms with Crippen LogP contribution in [0.15, 0.2) is 36.4 Å². The zero-order chi connectivity index (χ0) is 24.2. The molecule has 3 rings (SSSR count). The Labute approximate surface area is 205 Å². The smallest absolute Gasteiger partial charge is 0.201 e. The number of halogens is 2. The number of hydrogen-bond donors (Lipinski definition) is 0. The summed E-state index contributed by atoms with van der Waals surface area (Å²) in [6.07, 6.45) is 15.2. The highest BCUT2D eigenvalue weighted by Gasteiger charge is 2.22. The summed E-state index contributed by atoms with van der Waals surface area (Å²) in [5.74, 6) is 5.34. The third kappa shape index (κ3) is 7.86. The van der Waals surface area contributed by atoms with E-state index < -0.39 is 11.6 Å². The van der Waals surface area contributed by atoms with E-state index in [0.717, 1.165) is 24.3 Å². The second-order valence-electron chi connectivity index (χ2n) is 9.73. The van der Waals surface area contributed by atoms with Crippen molar-refractivity contribution in [2.75, 3.05) is 6.61 Å². The molecule has 1 aliphatic carbocycles. The number of ether oxygens (including phenoxy) is 1. The van der Waals surface area contributed by atoms with E-state index in [4.69, 9.17) is 4.74 Å². The molecule has 1 nitrogen and oxygen atoms in total. The minimum absolute atomic E-state index is 0.0490. The Balaban J connectivity index is 1.51. The first-order valence-electron chi connectivity index (χ1n) is 13.3. The summed E-state index contributed by atoms with van der Waals surface area (Å²) in [4.78, 5) is 0. The van der Waals surface area contributed by atoms with E-state index in [1.807, 2.05) is 19.1 Å². The second-order valence-corrected chi connectivity index (χ2v) is 9.73. The molecule has 184 valence electrons. The molecule has 0 unspecified atom stereocenters. The van der Waals surface area contributed by atoms with Crippen molar-refractivity contribution in [2.45, 2.75) is 96.8 Å². The summed E-state index contributed by atoms with van der Waals surface area (Å²) in [5, 5.41) is 0. The van der Waals surface area contributed by atoms with Gasteiger partial charge in [0.25, 0.3) is 0 Å². The van der Waals surface area contributed by atoms with E-state index in [-0.39, 0.29) is 11.3 Å². The van der Waals surface area contributed by atoms with Crippen molar-refractivity contribution < 1.29 is 13.5 Å². The Kier molecular flexibility index (Phi) is 10.9. The van der Waals surface area contributed by atoms with Crippen molar-refractivity contribution in [1.82, 2.24) is 0 Å². The zero-order valence-corrected chi connectivity index (χ0v) is 21.0. The molecule has 0 N–H and O–H groups in total. The summed E-state index contributed by atoms with van der Waals surface area (Å²) in [6.45, 7) is 4.67. The van der Waals surface area contributed by atoms with Gasteiger partial charge in [-0.25, -0.2) is 4.39 Å². The van der Waals surface area contributed by atoms with Gasteiger partial charge in [0.15, 0.2) is 11.6 Å². The first-order valence-corrected chi connectivity index (χ1v) is 13.3. The van der Waals surface area contributed by atoms with E-state index in [0.29, 0.717) is 12.5 Å². The Morgan fingerprint density at radius 1 is 0.765 bits per heavy atom. The molecule has 0 amide bonds. The van der Waals surface area contributed by atoms with Crippen LogP contribution in [0.3, 0.4) is 0 Å². The third-order valence-corrected chi connectivity index (χ3v) is 7.09. The standard InChI is InChI=1S/C31H40F2O/c1-3-5-7-8-9-10-24-11-16-26(17-12-24)27-18-13-25(14-19-27)15-20-28-21-22-29(31(33)30(28)32)34-23-6-4-2/h13-14,18-19,21-22,24,26H,3-12,16-17,23H2,1-2H3. The summed E-state index contributed by atoms with van der Waals surface area (Å²) in [6, 6.07) is 11.3. The van der Waals surface area contributed by atoms with Crippen molar-refractivity contribution in [1.29, 1.82) is 0 Å². The van der Waals surface area contributed by atoms with Gasteiger partial charge in [-0.1, -0.05) is 82.8 Å². The summed E-state index contributed by atoms with van der Waals surface area (Å²) >= 11 is 0. The minimum Gasteiger partial charge on any atom is -0.490 e. The summed E-state index contributed by atoms with van der Waals surface area (Å²) in [5.41, 5.74) is 2.24. The molecule has 0 spiro atoms. The molecular weight excluding hydrogens is 426 g/mol. The fraction of sp³-hybridized carbons (Fsp3) is 0.548. The van der Waals surface area contributed by atoms with Gasteiger partial charge in [-0.05, 0) is 73.8 Å². The van der Waals surface area contributed by atoms with Crippen LogP contribution in [0.4, 0.5) is 8.78 Å². The maximum absolute atomic E-state index is 14.4. The predicted octanol–water partition coefficient (Wildman–Crippen LogP) is 9.18. The molecule has 0 atom stereocenters. The fourth-order valence-electron chi connectivity index (χ4n) is 4.87. The van der Waals surface area contributed by atoms with Gasteiger partial charge in [0.2, 0.25) is 5.82 Å². The monoisotopic (exact) mass is 466 g/mol. The number of benzene rings is 2. The highest BCUT2D eigenvalue weighted by Crippen LogP contribution is 2.37. The van der Waals surface area contributed by atoms with Crippen molar-refractivity contribution in [3.8, 4) is 17.6 Å². The Morgan fingerprint density at radius 3 is 2.18 bits per heavy atom. The topological polar surface area (TPSA) is 9.23 Å². The molecule has 0 aromatic heterocycles. The average Bonchev–Trinajstić information content (AvgIpc) is 2.87. The van der Waals surface area contributed by atoms with Gasteiger partial charge in [0, 0.05) is 5.56 Å². The first-order chi connectivity index (χ1) is 16.6. The highest BCUT2D eigenvalue weighted by molar-refractivity contribution is 5.46. The van der Waals surface area contributed by atoms with Crippen molar-refractivity contribution in [2.24, 2.45) is 5.92 Å². The van der Waals surface area contributed by atoms with Crippen LogP contribution in [0.5, 0.6) is 5.75 Å². The van der Waals surface area contributed by atoms with Crippen LogP contribution in [0.1, 0.15) is 114 Å². The van der Waals surface area contributed by atoms with Gasteiger partial charge in [0.05, 0.1) is 12.2 Å². The van der Waals surface area contributed by atoms with Crippen LogP contribution in [0, 0.1) is 29.4 Å². The Hall–Kier alpha value is -2.34. The molecule has 3 heteroatoms. The van der Waals surface area contributed by atoms with E-state index >= 15 is 0 Å². The van der Waals surface area contributed by atoms with Gasteiger partial charge < -0.3 is 4.74 Å². The van der Waals surface area contributed by atoms with Crippen LogP contribution in [-0.2, 0) is 0 Å². The molecule has 2 aromatic rings. The molecule has 1 saturated carbocycles. The Bertz CT molecular complexity index is 930. The molecule has 34 heavy (non-hydrogen) atoms. The van der Waals surface area contributed by atoms with Crippen LogP contribution in [0.25, 0.3) is 0 Å². The molecular formula is C31H40F2O. The van der Waals surface area contributed by atoms with Gasteiger partial charge >= 0.3 is 0 Å². The van der Waals surface area contributed by atoms with E-state index in [2.05, 4.69) is 30.9 Å². The van der Waals surface area contributed by atoms with Crippen LogP contribution < -0.4 is 4.74 Å². The SMILES string of the molecule is CCCCCCCC1CCC(c2ccc(C#Cc3ccc(OCCCC)c(F)c3F)cc2)CC1. The molecule has 2 aromatic carbocycles. The van der Waals surface area contributed by atoms with Crippen molar-refractivity contribution in [3.05, 3.63) is 64.7 Å². The van der Waals surface area contributed by atoms with Gasteiger partial charge in [-0.15, -0.1) is 0 Å². The lowest BCUT2D eigenvalue weighted by atomic mass is 9.77. The fourth-order valence-corrected chi connectivity index (χ4v) is 4.87. The lowest BCUT2D eigenvalue weighted by molar-refractivity contribution is 0.288. The number of rotatable bonds is 11. The zero-order valence-electron chi connectivity index (χ0n) is 21.0. The minimum atomic E-state index is -0.963. The van der Waals surface area contributed by atoms with Gasteiger partial charge in [0.1, 0.15) is 0 Å².